The van der Waals surface area contributed by atoms with Gasteiger partial charge in [-0.1, -0.05) is 18.2 Å². The molecule has 0 N–H and O–H groups in total. The van der Waals surface area contributed by atoms with E-state index >= 15 is 0 Å². The number of carbonyl (C=O) groups is 1. The van der Waals surface area contributed by atoms with E-state index in [1.807, 2.05) is 13.0 Å². The first-order valence-corrected chi connectivity index (χ1v) is 5.25. The van der Waals surface area contributed by atoms with E-state index in [9.17, 15) is 4.79 Å². The molecule has 0 fully saturated rings. The quantitative estimate of drug-likeness (QED) is 0.755. The Kier molecular flexibility index (Phi) is 3.45. The molecule has 86 valence electrons. The van der Waals surface area contributed by atoms with Crippen LogP contribution in [0.4, 0.5) is 0 Å². The second-order valence-electron chi connectivity index (χ2n) is 3.62. The molecule has 0 saturated heterocycles. The molecule has 1 heterocycles. The summed E-state index contributed by atoms with van der Waals surface area (Å²) >= 11 is 0. The highest BCUT2D eigenvalue weighted by atomic mass is 16.5. The Balaban J connectivity index is 1.95. The number of ether oxygens (including phenoxy) is 1. The van der Waals surface area contributed by atoms with Crippen LogP contribution in [-0.2, 0) is 11.3 Å². The van der Waals surface area contributed by atoms with Crippen molar-refractivity contribution in [1.82, 2.24) is 9.97 Å². The van der Waals surface area contributed by atoms with E-state index in [1.165, 1.54) is 0 Å². The van der Waals surface area contributed by atoms with Crippen LogP contribution in [0.15, 0.2) is 42.7 Å². The zero-order valence-electron chi connectivity index (χ0n) is 9.46. The van der Waals surface area contributed by atoms with Gasteiger partial charge in [-0.05, 0) is 24.6 Å². The molecular formula is C13H12N2O2. The Morgan fingerprint density at radius 3 is 2.47 bits per heavy atom. The first kappa shape index (κ1) is 11.3. The van der Waals surface area contributed by atoms with Crippen molar-refractivity contribution in [2.45, 2.75) is 13.5 Å². The third kappa shape index (κ3) is 3.11. The van der Waals surface area contributed by atoms with Crippen LogP contribution in [0.25, 0.3) is 0 Å². The molecule has 2 rings (SSSR count). The molecule has 0 aliphatic rings. The van der Waals surface area contributed by atoms with Crippen LogP contribution in [0, 0.1) is 6.92 Å². The van der Waals surface area contributed by atoms with Gasteiger partial charge in [0.15, 0.2) is 12.4 Å². The Morgan fingerprint density at radius 1 is 1.18 bits per heavy atom. The van der Waals surface area contributed by atoms with Crippen LogP contribution in [0.5, 0.6) is 0 Å². The van der Waals surface area contributed by atoms with Gasteiger partial charge in [0, 0.05) is 12.4 Å². The zero-order chi connectivity index (χ0) is 12.1. The van der Waals surface area contributed by atoms with E-state index in [1.54, 1.807) is 36.7 Å². The van der Waals surface area contributed by atoms with E-state index < -0.39 is 0 Å². The molecule has 1 aromatic heterocycles. The van der Waals surface area contributed by atoms with Crippen LogP contribution >= 0.6 is 0 Å². The smallest absolute Gasteiger partial charge is 0.338 e. The fourth-order valence-corrected chi connectivity index (χ4v) is 1.28. The number of rotatable bonds is 3. The monoisotopic (exact) mass is 228 g/mol. The molecule has 0 bridgehead atoms. The number of aromatic nitrogens is 2. The van der Waals surface area contributed by atoms with Crippen LogP contribution in [-0.4, -0.2) is 15.9 Å². The van der Waals surface area contributed by atoms with Crippen LogP contribution in [0.2, 0.25) is 0 Å². The summed E-state index contributed by atoms with van der Waals surface area (Å²) in [6.07, 6.45) is 3.39. The van der Waals surface area contributed by atoms with Gasteiger partial charge in [-0.2, -0.15) is 0 Å². The molecule has 0 saturated carbocycles. The van der Waals surface area contributed by atoms with Gasteiger partial charge in [-0.15, -0.1) is 0 Å². The average Bonchev–Trinajstić information content (AvgIpc) is 2.39. The maximum absolute atomic E-state index is 11.6. The molecule has 0 atom stereocenters. The highest BCUT2D eigenvalue weighted by Crippen LogP contribution is 2.03. The molecular weight excluding hydrogens is 216 g/mol. The molecule has 0 radical (unpaired) electrons. The SMILES string of the molecule is Cc1cnc(COC(=O)c2ccccc2)nc1. The third-order valence-electron chi connectivity index (χ3n) is 2.18. The second kappa shape index (κ2) is 5.21. The van der Waals surface area contributed by atoms with Crippen molar-refractivity contribution in [3.05, 3.63) is 59.7 Å². The van der Waals surface area contributed by atoms with Gasteiger partial charge in [0.2, 0.25) is 0 Å². The summed E-state index contributed by atoms with van der Waals surface area (Å²) in [5, 5.41) is 0. The number of carbonyl (C=O) groups excluding carboxylic acids is 1. The number of hydrogen-bond acceptors (Lipinski definition) is 4. The van der Waals surface area contributed by atoms with E-state index in [-0.39, 0.29) is 12.6 Å². The number of aryl methyl sites for hydroxylation is 1. The van der Waals surface area contributed by atoms with E-state index in [0.717, 1.165) is 5.56 Å². The van der Waals surface area contributed by atoms with Crippen LogP contribution in [0.1, 0.15) is 21.7 Å². The summed E-state index contributed by atoms with van der Waals surface area (Å²) in [4.78, 5) is 19.7. The molecule has 0 spiro atoms. The van der Waals surface area contributed by atoms with E-state index in [0.29, 0.717) is 11.4 Å². The second-order valence-corrected chi connectivity index (χ2v) is 3.62. The number of hydrogen-bond donors (Lipinski definition) is 0. The normalized spacial score (nSPS) is 9.94. The van der Waals surface area contributed by atoms with Gasteiger partial charge in [0.05, 0.1) is 5.56 Å². The molecule has 0 aliphatic carbocycles. The Hall–Kier alpha value is -2.23. The van der Waals surface area contributed by atoms with E-state index in [4.69, 9.17) is 4.74 Å². The largest absolute Gasteiger partial charge is 0.454 e. The summed E-state index contributed by atoms with van der Waals surface area (Å²) in [6, 6.07) is 8.84. The minimum Gasteiger partial charge on any atom is -0.454 e. The summed E-state index contributed by atoms with van der Waals surface area (Å²) < 4.78 is 5.09. The number of esters is 1. The Morgan fingerprint density at radius 2 is 1.82 bits per heavy atom. The molecule has 17 heavy (non-hydrogen) atoms. The topological polar surface area (TPSA) is 52.1 Å². The molecule has 0 aliphatic heterocycles. The third-order valence-corrected chi connectivity index (χ3v) is 2.18. The minimum atomic E-state index is -0.366. The van der Waals surface area contributed by atoms with Crippen molar-refractivity contribution in [1.29, 1.82) is 0 Å². The highest BCUT2D eigenvalue weighted by Gasteiger charge is 2.06. The number of benzene rings is 1. The summed E-state index contributed by atoms with van der Waals surface area (Å²) in [7, 11) is 0. The average molecular weight is 228 g/mol. The summed E-state index contributed by atoms with van der Waals surface area (Å²) in [6.45, 7) is 1.99. The van der Waals surface area contributed by atoms with Gasteiger partial charge in [0.1, 0.15) is 0 Å². The van der Waals surface area contributed by atoms with Gasteiger partial charge in [-0.25, -0.2) is 14.8 Å². The maximum atomic E-state index is 11.6. The lowest BCUT2D eigenvalue weighted by atomic mass is 10.2. The van der Waals surface area contributed by atoms with Crippen molar-refractivity contribution >= 4 is 5.97 Å². The van der Waals surface area contributed by atoms with E-state index in [2.05, 4.69) is 9.97 Å². The molecule has 1 aromatic carbocycles. The maximum Gasteiger partial charge on any atom is 0.338 e. The molecule has 0 amide bonds. The van der Waals surface area contributed by atoms with Crippen molar-refractivity contribution in [2.24, 2.45) is 0 Å². The lowest BCUT2D eigenvalue weighted by Crippen LogP contribution is -2.07. The lowest BCUT2D eigenvalue weighted by Gasteiger charge is -2.03. The molecule has 4 heteroatoms. The molecule has 2 aromatic rings. The predicted octanol–water partition coefficient (Wildman–Crippen LogP) is 2.14. The van der Waals surface area contributed by atoms with Crippen LogP contribution < -0.4 is 0 Å². The Bertz CT molecular complexity index is 495. The molecule has 4 nitrogen and oxygen atoms in total. The van der Waals surface area contributed by atoms with Gasteiger partial charge in [-0.3, -0.25) is 0 Å². The predicted molar refractivity (Wildman–Crippen MR) is 62.3 cm³/mol. The highest BCUT2D eigenvalue weighted by molar-refractivity contribution is 5.89. The lowest BCUT2D eigenvalue weighted by molar-refractivity contribution is 0.0462. The molecule has 0 unspecified atom stereocenters. The fourth-order valence-electron chi connectivity index (χ4n) is 1.28. The standard InChI is InChI=1S/C13H12N2O2/c1-10-7-14-12(15-8-10)9-17-13(16)11-5-3-2-4-6-11/h2-8H,9H2,1H3. The van der Waals surface area contributed by atoms with Crippen molar-refractivity contribution < 1.29 is 9.53 Å². The fraction of sp³-hybridized carbons (Fsp3) is 0.154. The van der Waals surface area contributed by atoms with Crippen LogP contribution in [0.3, 0.4) is 0 Å². The van der Waals surface area contributed by atoms with Gasteiger partial charge < -0.3 is 4.74 Å². The summed E-state index contributed by atoms with van der Waals surface area (Å²) in [5.41, 5.74) is 1.50. The van der Waals surface area contributed by atoms with Crippen molar-refractivity contribution in [3.63, 3.8) is 0 Å². The summed E-state index contributed by atoms with van der Waals surface area (Å²) in [5.74, 6) is 0.134. The number of nitrogens with zero attached hydrogens (tertiary/aromatic N) is 2. The van der Waals surface area contributed by atoms with Crippen molar-refractivity contribution in [2.75, 3.05) is 0 Å². The zero-order valence-corrected chi connectivity index (χ0v) is 9.46. The first-order valence-electron chi connectivity index (χ1n) is 5.25. The Labute approximate surface area is 99.3 Å². The van der Waals surface area contributed by atoms with Gasteiger partial charge >= 0.3 is 5.97 Å². The van der Waals surface area contributed by atoms with Gasteiger partial charge in [0.25, 0.3) is 0 Å². The first-order chi connectivity index (χ1) is 8.25. The minimum absolute atomic E-state index is 0.0913. The van der Waals surface area contributed by atoms with Crippen molar-refractivity contribution in [3.8, 4) is 0 Å².